The molecule has 0 bridgehead atoms. The van der Waals surface area contributed by atoms with Gasteiger partial charge in [0.2, 0.25) is 0 Å². The molecule has 5 atom stereocenters. The van der Waals surface area contributed by atoms with Crippen molar-refractivity contribution in [2.45, 2.75) is 29.7 Å². The number of nitrogens with two attached hydrogens (primary N) is 1. The van der Waals surface area contributed by atoms with Gasteiger partial charge in [0.1, 0.15) is 24.6 Å². The smallest absolute Gasteiger partial charge is 0.325 e. The van der Waals surface area contributed by atoms with Crippen LogP contribution in [0.2, 0.25) is 0 Å². The molecular formula is C11H14N5O5PS2. The van der Waals surface area contributed by atoms with Gasteiger partial charge in [-0.05, 0) is 18.1 Å². The maximum absolute atomic E-state index is 10.7. The quantitative estimate of drug-likeness (QED) is 0.472. The van der Waals surface area contributed by atoms with Gasteiger partial charge in [-0.1, -0.05) is 11.8 Å². The van der Waals surface area contributed by atoms with Gasteiger partial charge < -0.3 is 25.0 Å². The fourth-order valence-electron chi connectivity index (χ4n) is 2.83. The van der Waals surface area contributed by atoms with Crippen molar-refractivity contribution in [2.75, 3.05) is 18.6 Å². The van der Waals surface area contributed by atoms with Crippen LogP contribution in [0.1, 0.15) is 6.23 Å². The van der Waals surface area contributed by atoms with Gasteiger partial charge in [0.05, 0.1) is 6.61 Å². The Morgan fingerprint density at radius 2 is 2.29 bits per heavy atom. The first-order valence-corrected chi connectivity index (χ1v) is 10.7. The number of thioether (sulfide) groups is 1. The van der Waals surface area contributed by atoms with Gasteiger partial charge in [-0.25, -0.2) is 15.0 Å². The van der Waals surface area contributed by atoms with E-state index < -0.39 is 31.3 Å². The summed E-state index contributed by atoms with van der Waals surface area (Å²) in [5, 5.41) is 11.2. The molecule has 2 saturated heterocycles. The predicted octanol–water partition coefficient (Wildman–Crippen LogP) is 0.0209. The molecule has 0 amide bonds. The molecule has 2 fully saturated rings. The topological polar surface area (TPSA) is 138 Å². The number of nitrogen functional groups attached to an aromatic ring is 1. The molecule has 2 aliphatic heterocycles. The molecule has 10 nitrogen and oxygen atoms in total. The first-order valence-electron chi connectivity index (χ1n) is 6.93. The molecule has 1 unspecified atom stereocenters. The fraction of sp³-hybridized carbons (Fsp3) is 0.545. The van der Waals surface area contributed by atoms with Gasteiger partial charge in [-0.3, -0.25) is 9.09 Å². The van der Waals surface area contributed by atoms with Crippen molar-refractivity contribution in [3.05, 3.63) is 6.33 Å². The third kappa shape index (κ3) is 2.54. The highest BCUT2D eigenvalue weighted by Crippen LogP contribution is 2.53. The molecule has 0 radical (unpaired) electrons. The number of fused-ring (bicyclic) bond motifs is 2. The van der Waals surface area contributed by atoms with E-state index >= 15 is 0 Å². The van der Waals surface area contributed by atoms with Crippen molar-refractivity contribution in [1.82, 2.24) is 19.5 Å². The molecule has 130 valence electrons. The molecule has 24 heavy (non-hydrogen) atoms. The monoisotopic (exact) mass is 391 g/mol. The molecule has 0 spiro atoms. The van der Waals surface area contributed by atoms with Crippen molar-refractivity contribution in [3.63, 3.8) is 0 Å². The van der Waals surface area contributed by atoms with E-state index in [4.69, 9.17) is 31.3 Å². The number of imidazole rings is 1. The first kappa shape index (κ1) is 16.6. The summed E-state index contributed by atoms with van der Waals surface area (Å²) in [6.07, 6.45) is -0.0820. The number of aliphatic hydroxyl groups excluding tert-OH is 1. The van der Waals surface area contributed by atoms with E-state index in [2.05, 4.69) is 15.0 Å². The first-order chi connectivity index (χ1) is 11.4. The Morgan fingerprint density at radius 1 is 1.50 bits per heavy atom. The molecule has 4 N–H and O–H groups in total. The summed E-state index contributed by atoms with van der Waals surface area (Å²) in [5.74, 6) is 0.240. The van der Waals surface area contributed by atoms with E-state index in [9.17, 15) is 10.00 Å². The molecule has 4 heterocycles. The minimum absolute atomic E-state index is 0.0460. The largest absolute Gasteiger partial charge is 0.386 e. The van der Waals surface area contributed by atoms with Gasteiger partial charge in [-0.15, -0.1) is 0 Å². The molecular weight excluding hydrogens is 377 g/mol. The van der Waals surface area contributed by atoms with Gasteiger partial charge >= 0.3 is 6.72 Å². The molecule has 2 aliphatic rings. The van der Waals surface area contributed by atoms with Crippen LogP contribution in [0.4, 0.5) is 5.82 Å². The number of aromatic nitrogens is 4. The Kier molecular flexibility index (Phi) is 4.05. The van der Waals surface area contributed by atoms with Crippen LogP contribution in [0.25, 0.3) is 11.2 Å². The highest BCUT2D eigenvalue weighted by Gasteiger charge is 2.51. The summed E-state index contributed by atoms with van der Waals surface area (Å²) >= 11 is 6.20. The van der Waals surface area contributed by atoms with Crippen LogP contribution in [0, 0.1) is 0 Å². The average Bonchev–Trinajstić information content (AvgIpc) is 3.06. The number of aliphatic hydroxyl groups is 1. The number of nitrogens with zero attached hydrogens (tertiary/aromatic N) is 4. The molecule has 0 saturated carbocycles. The third-order valence-electron chi connectivity index (χ3n) is 3.88. The van der Waals surface area contributed by atoms with Gasteiger partial charge in [0, 0.05) is 0 Å². The van der Waals surface area contributed by atoms with Crippen molar-refractivity contribution in [2.24, 2.45) is 0 Å². The van der Waals surface area contributed by atoms with Crippen LogP contribution in [0.15, 0.2) is 11.5 Å². The van der Waals surface area contributed by atoms with E-state index in [1.54, 1.807) is 4.57 Å². The summed E-state index contributed by atoms with van der Waals surface area (Å²) in [4.78, 5) is 22.4. The van der Waals surface area contributed by atoms with Crippen LogP contribution in [0.5, 0.6) is 0 Å². The Morgan fingerprint density at radius 3 is 3.04 bits per heavy atom. The summed E-state index contributed by atoms with van der Waals surface area (Å²) in [6, 6.07) is 0. The highest BCUT2D eigenvalue weighted by atomic mass is 32.5. The average molecular weight is 391 g/mol. The Balaban J connectivity index is 1.78. The zero-order valence-electron chi connectivity index (χ0n) is 12.3. The van der Waals surface area contributed by atoms with E-state index in [0.29, 0.717) is 16.3 Å². The van der Waals surface area contributed by atoms with Gasteiger partial charge in [0.25, 0.3) is 0 Å². The van der Waals surface area contributed by atoms with Gasteiger partial charge in [0.15, 0.2) is 28.4 Å². The Hall–Kier alpha value is -0.850. The van der Waals surface area contributed by atoms with Crippen molar-refractivity contribution >= 4 is 47.3 Å². The minimum atomic E-state index is -3.35. The normalized spacial score (nSPS) is 36.1. The minimum Gasteiger partial charge on any atom is -0.386 e. The lowest BCUT2D eigenvalue weighted by molar-refractivity contribution is -0.0619. The molecule has 2 aromatic heterocycles. The van der Waals surface area contributed by atoms with E-state index in [-0.39, 0.29) is 12.4 Å². The number of ether oxygens (including phenoxy) is 1. The molecule has 13 heteroatoms. The van der Waals surface area contributed by atoms with Crippen LogP contribution in [0.3, 0.4) is 0 Å². The molecule has 2 aromatic rings. The number of rotatable bonds is 2. The van der Waals surface area contributed by atoms with Crippen molar-refractivity contribution in [3.8, 4) is 0 Å². The second-order valence-corrected chi connectivity index (χ2v) is 8.85. The predicted molar refractivity (Wildman–Crippen MR) is 88.8 cm³/mol. The lowest BCUT2D eigenvalue weighted by Crippen LogP contribution is -2.39. The van der Waals surface area contributed by atoms with Crippen LogP contribution >= 0.6 is 18.5 Å². The maximum atomic E-state index is 10.7. The van der Waals surface area contributed by atoms with Crippen molar-refractivity contribution in [1.29, 1.82) is 0 Å². The summed E-state index contributed by atoms with van der Waals surface area (Å²) in [5.41, 5.74) is 6.72. The standard InChI is InChI=1S/C11H14N5O5PS2/c1-24-11-15-5-8(12)13-3-14-9(5)16(11)10-6(17)7-4(20-10)2-19-22(18,23)21-7/h3-4,6-7,10,17H,2H2,1H3,(H,18,23)(H2,12,13,14)/t4-,6-,7-,10-,22?/m1/s1. The van der Waals surface area contributed by atoms with Gasteiger partial charge in [-0.2, -0.15) is 0 Å². The number of hydrogen-bond donors (Lipinski definition) is 3. The molecule has 0 aromatic carbocycles. The second kappa shape index (κ2) is 5.85. The summed E-state index contributed by atoms with van der Waals surface area (Å²) < 4.78 is 18.0. The number of anilines is 1. The van der Waals surface area contributed by atoms with Crippen LogP contribution in [-0.4, -0.2) is 60.7 Å². The second-order valence-electron chi connectivity index (χ2n) is 5.29. The lowest BCUT2D eigenvalue weighted by Gasteiger charge is -2.30. The van der Waals surface area contributed by atoms with Crippen LogP contribution < -0.4 is 5.73 Å². The highest BCUT2D eigenvalue weighted by molar-refractivity contribution is 8.07. The van der Waals surface area contributed by atoms with Crippen molar-refractivity contribution < 1.29 is 23.8 Å². The third-order valence-corrected chi connectivity index (χ3v) is 6.09. The van der Waals surface area contributed by atoms with Crippen LogP contribution in [-0.2, 0) is 25.6 Å². The summed E-state index contributed by atoms with van der Waals surface area (Å²) in [7, 11) is 0. The summed E-state index contributed by atoms with van der Waals surface area (Å²) in [6.45, 7) is -3.31. The van der Waals surface area contributed by atoms with E-state index in [1.807, 2.05) is 6.26 Å². The molecule has 0 aliphatic carbocycles. The van der Waals surface area contributed by atoms with E-state index in [0.717, 1.165) is 0 Å². The maximum Gasteiger partial charge on any atom is 0.325 e. The Labute approximate surface area is 145 Å². The lowest BCUT2D eigenvalue weighted by atomic mass is 10.1. The Bertz CT molecular complexity index is 850. The zero-order valence-corrected chi connectivity index (χ0v) is 14.9. The number of hydrogen-bond acceptors (Lipinski definition) is 10. The van der Waals surface area contributed by atoms with E-state index in [1.165, 1.54) is 18.1 Å². The zero-order chi connectivity index (χ0) is 17.1. The SMILES string of the molecule is CSc1nc2c(N)ncnc2n1[C@@H]1O[C@@H]2COP(O)(=S)O[C@H]2[C@H]1O. The fourth-order valence-corrected chi connectivity index (χ4v) is 4.84. The molecule has 4 rings (SSSR count).